The van der Waals surface area contributed by atoms with Gasteiger partial charge in [0, 0.05) is 12.8 Å². The molecule has 0 bridgehead atoms. The number of carbonyl (C=O) groups is 2. The van der Waals surface area contributed by atoms with Gasteiger partial charge in [0.05, 0.1) is 0 Å². The van der Waals surface area contributed by atoms with Crippen LogP contribution in [-0.2, 0) is 9.59 Å². The van der Waals surface area contributed by atoms with E-state index >= 15 is 0 Å². The van der Waals surface area contributed by atoms with Crippen molar-refractivity contribution in [3.05, 3.63) is 0 Å². The molecule has 1 N–H and O–H groups in total. The topological polar surface area (TPSA) is 57.6 Å². The van der Waals surface area contributed by atoms with Gasteiger partial charge in [-0.3, -0.25) is 14.8 Å². The second-order valence-corrected chi connectivity index (χ2v) is 1.60. The predicted molar refractivity (Wildman–Crippen MR) is 34.2 cm³/mol. The van der Waals surface area contributed by atoms with Crippen molar-refractivity contribution >= 4 is 35.7 Å². The van der Waals surface area contributed by atoms with E-state index in [0.29, 0.717) is 0 Å². The van der Waals surface area contributed by atoms with E-state index in [1.54, 1.807) is 0 Å². The minimum atomic E-state index is -0.505. The van der Waals surface area contributed by atoms with Crippen LogP contribution in [0.15, 0.2) is 0 Å². The minimum absolute atomic E-state index is 0. The molecule has 0 spiro atoms. The number of rotatable bonds is 0. The average Bonchev–Trinajstić information content (AvgIpc) is 1.98. The molecule has 1 fully saturated rings. The third-order valence-corrected chi connectivity index (χ3v) is 1.03. The van der Waals surface area contributed by atoms with Gasteiger partial charge in [-0.25, -0.2) is 0 Å². The molecule has 0 aromatic rings. The van der Waals surface area contributed by atoms with E-state index in [0.717, 1.165) is 0 Å². The molecular formula is C4H9NO3Sn. The van der Waals surface area contributed by atoms with Crippen LogP contribution in [0.1, 0.15) is 12.8 Å². The molecule has 0 atom stereocenters. The maximum absolute atomic E-state index is 10.2. The maximum atomic E-state index is 10.2. The van der Waals surface area contributed by atoms with Gasteiger partial charge in [0.15, 0.2) is 0 Å². The van der Waals surface area contributed by atoms with Crippen LogP contribution < -0.4 is 0 Å². The number of hydroxylamine groups is 2. The van der Waals surface area contributed by atoms with Crippen molar-refractivity contribution in [3.8, 4) is 0 Å². The standard InChI is InChI=1S/C4H5NO3.Sn.4H/c6-3-1-2-4(7)5(3)8;;;;;/h8H,1-2H2;;;;;. The van der Waals surface area contributed by atoms with Crippen LogP contribution in [0.2, 0.25) is 0 Å². The summed E-state index contributed by atoms with van der Waals surface area (Å²) in [5.74, 6) is -1.01. The summed E-state index contributed by atoms with van der Waals surface area (Å²) in [6, 6.07) is 0. The third kappa shape index (κ3) is 1.65. The first-order chi connectivity index (χ1) is 3.72. The fraction of sp³-hybridized carbons (Fsp3) is 0.500. The van der Waals surface area contributed by atoms with E-state index in [2.05, 4.69) is 0 Å². The Balaban J connectivity index is 0.000000640. The first kappa shape index (κ1) is 8.90. The van der Waals surface area contributed by atoms with Gasteiger partial charge < -0.3 is 0 Å². The summed E-state index contributed by atoms with van der Waals surface area (Å²) >= 11 is 0. The van der Waals surface area contributed by atoms with Gasteiger partial charge in [0.25, 0.3) is 11.8 Å². The molecule has 1 rings (SSSR count). The fourth-order valence-electron chi connectivity index (χ4n) is 0.565. The molecule has 1 saturated heterocycles. The van der Waals surface area contributed by atoms with Gasteiger partial charge >= 0.3 is 23.9 Å². The van der Waals surface area contributed by atoms with Crippen LogP contribution in [0.3, 0.4) is 0 Å². The van der Waals surface area contributed by atoms with Crippen LogP contribution in [0.5, 0.6) is 0 Å². The average molecular weight is 238 g/mol. The van der Waals surface area contributed by atoms with Crippen molar-refractivity contribution in [2.45, 2.75) is 12.8 Å². The van der Waals surface area contributed by atoms with Gasteiger partial charge in [-0.05, 0) is 0 Å². The number of amides is 2. The summed E-state index contributed by atoms with van der Waals surface area (Å²) in [7, 11) is 0. The van der Waals surface area contributed by atoms with Crippen LogP contribution >= 0.6 is 0 Å². The van der Waals surface area contributed by atoms with Crippen molar-refractivity contribution in [2.75, 3.05) is 0 Å². The zero-order valence-corrected chi connectivity index (χ0v) is 4.13. The number of carbonyl (C=O) groups excluding carboxylic acids is 2. The normalized spacial score (nSPS) is 18.1. The fourth-order valence-corrected chi connectivity index (χ4v) is 0.565. The molecule has 1 aliphatic heterocycles. The van der Waals surface area contributed by atoms with Gasteiger partial charge in [-0.1, -0.05) is 0 Å². The molecule has 4 nitrogen and oxygen atoms in total. The molecule has 5 heteroatoms. The Morgan fingerprint density at radius 3 is 1.67 bits per heavy atom. The summed E-state index contributed by atoms with van der Waals surface area (Å²) in [5, 5.41) is 8.57. The molecule has 0 aliphatic carbocycles. The summed E-state index contributed by atoms with van der Waals surface area (Å²) in [6.45, 7) is 0. The van der Waals surface area contributed by atoms with E-state index in [-0.39, 0.29) is 41.8 Å². The molecule has 52 valence electrons. The Bertz CT molecular complexity index is 131. The zero-order chi connectivity index (χ0) is 6.15. The van der Waals surface area contributed by atoms with Gasteiger partial charge in [-0.2, -0.15) is 5.06 Å². The summed E-state index contributed by atoms with van der Waals surface area (Å²) < 4.78 is 0. The van der Waals surface area contributed by atoms with Crippen LogP contribution in [0.4, 0.5) is 0 Å². The van der Waals surface area contributed by atoms with E-state index in [1.165, 1.54) is 0 Å². The van der Waals surface area contributed by atoms with Crippen LogP contribution in [0, 0.1) is 0 Å². The molecule has 0 radical (unpaired) electrons. The van der Waals surface area contributed by atoms with Gasteiger partial charge in [0.1, 0.15) is 0 Å². The van der Waals surface area contributed by atoms with Crippen molar-refractivity contribution in [1.82, 2.24) is 5.06 Å². The second kappa shape index (κ2) is 3.16. The Labute approximate surface area is 68.7 Å². The Morgan fingerprint density at radius 2 is 1.56 bits per heavy atom. The Hall–Kier alpha value is -0.101. The van der Waals surface area contributed by atoms with Crippen molar-refractivity contribution in [3.63, 3.8) is 0 Å². The van der Waals surface area contributed by atoms with E-state index in [4.69, 9.17) is 5.21 Å². The zero-order valence-electron chi connectivity index (χ0n) is 4.13. The number of imide groups is 1. The molecule has 2 amide bonds. The molecule has 1 heterocycles. The summed E-state index contributed by atoms with van der Waals surface area (Å²) in [5.41, 5.74) is 0. The van der Waals surface area contributed by atoms with Gasteiger partial charge in [-0.15, -0.1) is 0 Å². The molecule has 0 aromatic carbocycles. The van der Waals surface area contributed by atoms with Gasteiger partial charge in [0.2, 0.25) is 0 Å². The van der Waals surface area contributed by atoms with Crippen LogP contribution in [-0.4, -0.2) is 46.0 Å². The first-order valence-corrected chi connectivity index (χ1v) is 2.26. The molecular weight excluding hydrogens is 229 g/mol. The predicted octanol–water partition coefficient (Wildman–Crippen LogP) is -1.93. The summed E-state index contributed by atoms with van der Waals surface area (Å²) in [6.07, 6.45) is 0.296. The molecule has 0 aromatic heterocycles. The summed E-state index contributed by atoms with van der Waals surface area (Å²) in [4.78, 5) is 20.5. The van der Waals surface area contributed by atoms with E-state index in [1.807, 2.05) is 0 Å². The quantitative estimate of drug-likeness (QED) is 0.304. The molecule has 0 unspecified atom stereocenters. The van der Waals surface area contributed by atoms with Crippen molar-refractivity contribution in [1.29, 1.82) is 0 Å². The molecule has 0 saturated carbocycles. The Morgan fingerprint density at radius 1 is 1.22 bits per heavy atom. The molecule has 9 heavy (non-hydrogen) atoms. The van der Waals surface area contributed by atoms with Crippen molar-refractivity contribution in [2.24, 2.45) is 0 Å². The Kier molecular flexibility index (Phi) is 3.13. The van der Waals surface area contributed by atoms with E-state index < -0.39 is 11.8 Å². The number of nitrogens with zero attached hydrogens (tertiary/aromatic N) is 1. The first-order valence-electron chi connectivity index (χ1n) is 2.26. The van der Waals surface area contributed by atoms with Crippen molar-refractivity contribution < 1.29 is 14.8 Å². The van der Waals surface area contributed by atoms with Crippen LogP contribution in [0.25, 0.3) is 0 Å². The van der Waals surface area contributed by atoms with E-state index in [9.17, 15) is 9.59 Å². The monoisotopic (exact) mass is 239 g/mol. The number of hydrogen-bond acceptors (Lipinski definition) is 3. The SMILES string of the molecule is O=C1CCC(=O)N1O.[SnH4]. The molecule has 1 aliphatic rings. The number of hydrogen-bond donors (Lipinski definition) is 1. The second-order valence-electron chi connectivity index (χ2n) is 1.60. The third-order valence-electron chi connectivity index (χ3n) is 1.03.